The first-order chi connectivity index (χ1) is 11.3. The zero-order chi connectivity index (χ0) is 15.9. The summed E-state index contributed by atoms with van der Waals surface area (Å²) in [5, 5.41) is 7.40. The number of aromatic nitrogens is 1. The summed E-state index contributed by atoms with van der Waals surface area (Å²) in [6.45, 7) is 0.432. The Balaban J connectivity index is 0.00000208. The van der Waals surface area contributed by atoms with Crippen LogP contribution in [0.4, 0.5) is 0 Å². The van der Waals surface area contributed by atoms with Crippen molar-refractivity contribution >= 4 is 29.9 Å². The van der Waals surface area contributed by atoms with E-state index in [4.69, 9.17) is 10.3 Å². The second-order valence-electron chi connectivity index (χ2n) is 6.08. The number of guanidine groups is 1. The Morgan fingerprint density at radius 3 is 2.58 bits per heavy atom. The van der Waals surface area contributed by atoms with Crippen molar-refractivity contribution in [3.63, 3.8) is 0 Å². The molecule has 3 N–H and O–H groups in total. The van der Waals surface area contributed by atoms with Gasteiger partial charge in [0.2, 0.25) is 0 Å². The van der Waals surface area contributed by atoms with Crippen LogP contribution in [0, 0.1) is 0 Å². The average molecular weight is 440 g/mol. The lowest BCUT2D eigenvalue weighted by Gasteiger charge is -2.16. The Labute approximate surface area is 160 Å². The molecule has 1 aromatic heterocycles. The minimum Gasteiger partial charge on any atom is -0.370 e. The Kier molecular flexibility index (Phi) is 7.55. The van der Waals surface area contributed by atoms with E-state index in [1.54, 1.807) is 0 Å². The van der Waals surface area contributed by atoms with Gasteiger partial charge >= 0.3 is 0 Å². The number of nitrogens with one attached hydrogen (secondary N) is 1. The number of aliphatic imine (C=N–C) groups is 1. The van der Waals surface area contributed by atoms with E-state index >= 15 is 0 Å². The van der Waals surface area contributed by atoms with Gasteiger partial charge in [-0.15, -0.1) is 24.0 Å². The molecule has 24 heavy (non-hydrogen) atoms. The van der Waals surface area contributed by atoms with Gasteiger partial charge < -0.3 is 15.6 Å². The molecule has 1 saturated carbocycles. The number of nitrogens with two attached hydrogens (primary N) is 1. The summed E-state index contributed by atoms with van der Waals surface area (Å²) < 4.78 is 5.37. The molecule has 0 saturated heterocycles. The molecular weight excluding hydrogens is 415 g/mol. The molecule has 0 bridgehead atoms. The van der Waals surface area contributed by atoms with Gasteiger partial charge in [-0.3, -0.25) is 0 Å². The SMILES string of the molecule is I.NC(=NCc1cc(-c2ccccc2)on1)NC1CCCCCC1. The highest BCUT2D eigenvalue weighted by Gasteiger charge is 2.12. The van der Waals surface area contributed by atoms with Gasteiger partial charge in [-0.25, -0.2) is 4.99 Å². The van der Waals surface area contributed by atoms with E-state index in [2.05, 4.69) is 15.5 Å². The van der Waals surface area contributed by atoms with Crippen molar-refractivity contribution in [2.45, 2.75) is 51.1 Å². The molecule has 1 fully saturated rings. The molecule has 0 amide bonds. The van der Waals surface area contributed by atoms with Crippen LogP contribution in [0.2, 0.25) is 0 Å². The maximum atomic E-state index is 6.00. The summed E-state index contributed by atoms with van der Waals surface area (Å²) in [5.41, 5.74) is 7.80. The van der Waals surface area contributed by atoms with Crippen molar-refractivity contribution in [2.24, 2.45) is 10.7 Å². The predicted molar refractivity (Wildman–Crippen MR) is 107 cm³/mol. The van der Waals surface area contributed by atoms with Crippen LogP contribution in [0.5, 0.6) is 0 Å². The Bertz CT molecular complexity index is 633. The molecule has 0 aliphatic heterocycles. The van der Waals surface area contributed by atoms with Gasteiger partial charge in [-0.1, -0.05) is 61.2 Å². The molecule has 0 unspecified atom stereocenters. The second kappa shape index (κ2) is 9.66. The van der Waals surface area contributed by atoms with Gasteiger partial charge in [0.05, 0.1) is 6.54 Å². The van der Waals surface area contributed by atoms with Crippen LogP contribution in [-0.4, -0.2) is 17.2 Å². The van der Waals surface area contributed by atoms with E-state index in [0.717, 1.165) is 17.0 Å². The van der Waals surface area contributed by atoms with Gasteiger partial charge in [0.15, 0.2) is 11.7 Å². The van der Waals surface area contributed by atoms with Crippen molar-refractivity contribution in [2.75, 3.05) is 0 Å². The smallest absolute Gasteiger partial charge is 0.189 e. The lowest BCUT2D eigenvalue weighted by Crippen LogP contribution is -2.39. The summed E-state index contributed by atoms with van der Waals surface area (Å²) in [5.74, 6) is 1.26. The molecule has 1 aliphatic carbocycles. The number of rotatable bonds is 4. The highest BCUT2D eigenvalue weighted by atomic mass is 127. The minimum atomic E-state index is 0. The van der Waals surface area contributed by atoms with Gasteiger partial charge in [0.1, 0.15) is 5.69 Å². The standard InChI is InChI=1S/C18H24N4O.HI/c19-18(21-15-10-6-1-2-7-11-15)20-13-16-12-17(23-22-16)14-8-4-3-5-9-14;/h3-5,8-9,12,15H,1-2,6-7,10-11,13H2,(H3,19,20,21);1H. The second-order valence-corrected chi connectivity index (χ2v) is 6.08. The van der Waals surface area contributed by atoms with E-state index < -0.39 is 0 Å². The molecule has 1 aromatic carbocycles. The van der Waals surface area contributed by atoms with Crippen LogP contribution in [0.25, 0.3) is 11.3 Å². The highest BCUT2D eigenvalue weighted by molar-refractivity contribution is 14.0. The van der Waals surface area contributed by atoms with E-state index in [1.165, 1.54) is 38.5 Å². The molecule has 2 aromatic rings. The molecule has 5 nitrogen and oxygen atoms in total. The molecule has 1 aliphatic rings. The van der Waals surface area contributed by atoms with Crippen LogP contribution in [0.1, 0.15) is 44.2 Å². The lowest BCUT2D eigenvalue weighted by atomic mass is 10.1. The van der Waals surface area contributed by atoms with Crippen molar-refractivity contribution < 1.29 is 4.52 Å². The maximum Gasteiger partial charge on any atom is 0.189 e. The fourth-order valence-electron chi connectivity index (χ4n) is 2.97. The van der Waals surface area contributed by atoms with Crippen LogP contribution in [0.3, 0.4) is 0 Å². The molecule has 1 heterocycles. The highest BCUT2D eigenvalue weighted by Crippen LogP contribution is 2.20. The van der Waals surface area contributed by atoms with Crippen LogP contribution < -0.4 is 11.1 Å². The molecule has 0 atom stereocenters. The van der Waals surface area contributed by atoms with Crippen molar-refractivity contribution in [1.82, 2.24) is 10.5 Å². The minimum absolute atomic E-state index is 0. The first-order valence-electron chi connectivity index (χ1n) is 8.39. The van der Waals surface area contributed by atoms with Gasteiger partial charge in [0.25, 0.3) is 0 Å². The van der Waals surface area contributed by atoms with Crippen molar-refractivity contribution in [3.05, 3.63) is 42.1 Å². The third-order valence-electron chi connectivity index (χ3n) is 4.24. The summed E-state index contributed by atoms with van der Waals surface area (Å²) in [4.78, 5) is 4.39. The van der Waals surface area contributed by atoms with Crippen molar-refractivity contribution in [3.8, 4) is 11.3 Å². The zero-order valence-electron chi connectivity index (χ0n) is 13.8. The molecule has 130 valence electrons. The monoisotopic (exact) mass is 440 g/mol. The number of hydrogen-bond donors (Lipinski definition) is 2. The van der Waals surface area contributed by atoms with Crippen LogP contribution in [-0.2, 0) is 6.54 Å². The number of nitrogens with zero attached hydrogens (tertiary/aromatic N) is 2. The molecule has 3 rings (SSSR count). The molecule has 0 radical (unpaired) electrons. The topological polar surface area (TPSA) is 76.4 Å². The third-order valence-corrected chi connectivity index (χ3v) is 4.24. The van der Waals surface area contributed by atoms with Crippen LogP contribution >= 0.6 is 24.0 Å². The summed E-state index contributed by atoms with van der Waals surface area (Å²) in [6, 6.07) is 12.3. The van der Waals surface area contributed by atoms with E-state index in [1.807, 2.05) is 36.4 Å². The first-order valence-corrected chi connectivity index (χ1v) is 8.39. The maximum absolute atomic E-state index is 6.00. The predicted octanol–water partition coefficient (Wildman–Crippen LogP) is 4.09. The summed E-state index contributed by atoms with van der Waals surface area (Å²) in [7, 11) is 0. The normalized spacial score (nSPS) is 16.2. The van der Waals surface area contributed by atoms with Crippen molar-refractivity contribution in [1.29, 1.82) is 0 Å². The van der Waals surface area contributed by atoms with E-state index in [-0.39, 0.29) is 24.0 Å². The Morgan fingerprint density at radius 1 is 1.17 bits per heavy atom. The fourth-order valence-corrected chi connectivity index (χ4v) is 2.97. The molecule has 0 spiro atoms. The number of benzene rings is 1. The largest absolute Gasteiger partial charge is 0.370 e. The Hall–Kier alpha value is -1.57. The molecular formula is C18H25IN4O. The average Bonchev–Trinajstić information content (AvgIpc) is 2.91. The third kappa shape index (κ3) is 5.51. The molecule has 6 heteroatoms. The van der Waals surface area contributed by atoms with Crippen LogP contribution in [0.15, 0.2) is 45.9 Å². The fraction of sp³-hybridized carbons (Fsp3) is 0.444. The first kappa shape index (κ1) is 18.8. The van der Waals surface area contributed by atoms with E-state index in [0.29, 0.717) is 18.5 Å². The van der Waals surface area contributed by atoms with Gasteiger partial charge in [0, 0.05) is 17.7 Å². The summed E-state index contributed by atoms with van der Waals surface area (Å²) in [6.07, 6.45) is 7.56. The summed E-state index contributed by atoms with van der Waals surface area (Å²) >= 11 is 0. The Morgan fingerprint density at radius 2 is 1.88 bits per heavy atom. The lowest BCUT2D eigenvalue weighted by molar-refractivity contribution is 0.424. The zero-order valence-corrected chi connectivity index (χ0v) is 16.1. The van der Waals surface area contributed by atoms with Gasteiger partial charge in [-0.05, 0) is 12.8 Å². The van der Waals surface area contributed by atoms with E-state index in [9.17, 15) is 0 Å². The number of halogens is 1. The quantitative estimate of drug-likeness (QED) is 0.325. The van der Waals surface area contributed by atoms with Gasteiger partial charge in [-0.2, -0.15) is 0 Å². The number of hydrogen-bond acceptors (Lipinski definition) is 3.